The molecule has 0 radical (unpaired) electrons. The summed E-state index contributed by atoms with van der Waals surface area (Å²) in [5.74, 6) is 0. The molecule has 1 nitrogen and oxygen atoms in total. The van der Waals surface area contributed by atoms with Gasteiger partial charge in [-0.05, 0) is 39.8 Å². The van der Waals surface area contributed by atoms with Crippen LogP contribution in [0.3, 0.4) is 0 Å². The first kappa shape index (κ1) is 10.8. The molecule has 14 heavy (non-hydrogen) atoms. The standard InChI is InChI=1S/C13H19N/c1-5-11-14(13(2,3)4)12-9-7-6-8-10-12/h5-11H,1-4H3/b11-5+. The van der Waals surface area contributed by atoms with Gasteiger partial charge in [-0.2, -0.15) is 0 Å². The van der Waals surface area contributed by atoms with Crippen molar-refractivity contribution in [3.05, 3.63) is 42.6 Å². The fraction of sp³-hybridized carbons (Fsp3) is 0.385. The van der Waals surface area contributed by atoms with E-state index in [0.29, 0.717) is 0 Å². The van der Waals surface area contributed by atoms with Gasteiger partial charge in [-0.3, -0.25) is 0 Å². The number of hydrogen-bond donors (Lipinski definition) is 0. The highest BCUT2D eigenvalue weighted by atomic mass is 15.2. The van der Waals surface area contributed by atoms with Crippen LogP contribution in [0.25, 0.3) is 0 Å². The second kappa shape index (κ2) is 4.32. The largest absolute Gasteiger partial charge is 0.343 e. The van der Waals surface area contributed by atoms with Gasteiger partial charge in [0.25, 0.3) is 0 Å². The molecule has 0 atom stereocenters. The van der Waals surface area contributed by atoms with Crippen LogP contribution in [0.1, 0.15) is 27.7 Å². The molecule has 0 saturated heterocycles. The summed E-state index contributed by atoms with van der Waals surface area (Å²) in [6.45, 7) is 8.67. The lowest BCUT2D eigenvalue weighted by Crippen LogP contribution is -2.37. The molecule has 0 bridgehead atoms. The third-order valence-electron chi connectivity index (χ3n) is 2.06. The average molecular weight is 189 g/mol. The smallest absolute Gasteiger partial charge is 0.0410 e. The molecular weight excluding hydrogens is 170 g/mol. The van der Waals surface area contributed by atoms with Crippen molar-refractivity contribution in [2.45, 2.75) is 33.2 Å². The van der Waals surface area contributed by atoms with Gasteiger partial charge in [-0.1, -0.05) is 24.3 Å². The van der Waals surface area contributed by atoms with E-state index in [1.165, 1.54) is 5.69 Å². The predicted octanol–water partition coefficient (Wildman–Crippen LogP) is 3.83. The highest BCUT2D eigenvalue weighted by Crippen LogP contribution is 2.23. The number of para-hydroxylation sites is 1. The van der Waals surface area contributed by atoms with Crippen molar-refractivity contribution >= 4 is 5.69 Å². The molecule has 1 heteroatoms. The van der Waals surface area contributed by atoms with Crippen molar-refractivity contribution in [2.75, 3.05) is 4.90 Å². The fourth-order valence-corrected chi connectivity index (χ4v) is 1.43. The molecule has 0 amide bonds. The van der Waals surface area contributed by atoms with Gasteiger partial charge in [-0.25, -0.2) is 0 Å². The predicted molar refractivity (Wildman–Crippen MR) is 63.5 cm³/mol. The minimum absolute atomic E-state index is 0.119. The second-order valence-corrected chi connectivity index (χ2v) is 4.36. The molecule has 0 aliphatic heterocycles. The van der Waals surface area contributed by atoms with E-state index in [-0.39, 0.29) is 5.54 Å². The van der Waals surface area contributed by atoms with Crippen LogP contribution < -0.4 is 4.90 Å². The number of anilines is 1. The first-order valence-electron chi connectivity index (χ1n) is 5.03. The van der Waals surface area contributed by atoms with Gasteiger partial charge in [0.2, 0.25) is 0 Å². The zero-order valence-electron chi connectivity index (χ0n) is 9.49. The number of allylic oxidation sites excluding steroid dienone is 1. The fourth-order valence-electron chi connectivity index (χ4n) is 1.43. The van der Waals surface area contributed by atoms with E-state index < -0.39 is 0 Å². The van der Waals surface area contributed by atoms with E-state index >= 15 is 0 Å². The number of nitrogens with zero attached hydrogens (tertiary/aromatic N) is 1. The van der Waals surface area contributed by atoms with Gasteiger partial charge < -0.3 is 4.90 Å². The third kappa shape index (κ3) is 2.63. The SMILES string of the molecule is C/C=C/N(c1ccccc1)C(C)(C)C. The average Bonchev–Trinajstić information content (AvgIpc) is 2.14. The Morgan fingerprint density at radius 1 is 1.07 bits per heavy atom. The van der Waals surface area contributed by atoms with Gasteiger partial charge in [0.15, 0.2) is 0 Å². The van der Waals surface area contributed by atoms with E-state index in [9.17, 15) is 0 Å². The number of benzene rings is 1. The maximum Gasteiger partial charge on any atom is 0.0410 e. The van der Waals surface area contributed by atoms with E-state index in [0.717, 1.165) is 0 Å². The summed E-state index contributed by atoms with van der Waals surface area (Å²) < 4.78 is 0. The molecule has 1 rings (SSSR count). The van der Waals surface area contributed by atoms with Crippen LogP contribution in [0.4, 0.5) is 5.69 Å². The van der Waals surface area contributed by atoms with Gasteiger partial charge in [-0.15, -0.1) is 0 Å². The lowest BCUT2D eigenvalue weighted by molar-refractivity contribution is 0.555. The van der Waals surface area contributed by atoms with Crippen molar-refractivity contribution in [1.29, 1.82) is 0 Å². The van der Waals surface area contributed by atoms with Gasteiger partial charge in [0, 0.05) is 17.4 Å². The van der Waals surface area contributed by atoms with Gasteiger partial charge in [0.1, 0.15) is 0 Å². The molecule has 1 aromatic rings. The number of hydrogen-bond acceptors (Lipinski definition) is 1. The van der Waals surface area contributed by atoms with Crippen molar-refractivity contribution < 1.29 is 0 Å². The first-order chi connectivity index (χ1) is 6.55. The van der Waals surface area contributed by atoms with Crippen molar-refractivity contribution in [3.8, 4) is 0 Å². The lowest BCUT2D eigenvalue weighted by Gasteiger charge is -2.34. The Morgan fingerprint density at radius 3 is 2.07 bits per heavy atom. The van der Waals surface area contributed by atoms with Crippen LogP contribution in [0.15, 0.2) is 42.6 Å². The molecule has 76 valence electrons. The summed E-state index contributed by atoms with van der Waals surface area (Å²) in [4.78, 5) is 2.27. The molecule has 0 aliphatic carbocycles. The molecule has 1 aromatic carbocycles. The summed E-state index contributed by atoms with van der Waals surface area (Å²) in [6, 6.07) is 10.4. The van der Waals surface area contributed by atoms with E-state index in [2.05, 4.69) is 62.2 Å². The van der Waals surface area contributed by atoms with E-state index in [1.54, 1.807) is 0 Å². The maximum absolute atomic E-state index is 2.27. The molecule has 0 unspecified atom stereocenters. The third-order valence-corrected chi connectivity index (χ3v) is 2.06. The Balaban J connectivity index is 3.01. The zero-order valence-corrected chi connectivity index (χ0v) is 9.49. The molecule has 0 aliphatic rings. The minimum Gasteiger partial charge on any atom is -0.343 e. The van der Waals surface area contributed by atoms with Gasteiger partial charge in [0.05, 0.1) is 0 Å². The normalized spacial score (nSPS) is 12.0. The molecule has 0 aromatic heterocycles. The monoisotopic (exact) mass is 189 g/mol. The van der Waals surface area contributed by atoms with Crippen molar-refractivity contribution in [3.63, 3.8) is 0 Å². The van der Waals surface area contributed by atoms with Crippen LogP contribution in [-0.4, -0.2) is 5.54 Å². The summed E-state index contributed by atoms with van der Waals surface area (Å²) in [5.41, 5.74) is 1.35. The summed E-state index contributed by atoms with van der Waals surface area (Å²) in [6.07, 6.45) is 4.19. The lowest BCUT2D eigenvalue weighted by atomic mass is 10.1. The maximum atomic E-state index is 2.27. The Hall–Kier alpha value is -1.24. The Kier molecular flexibility index (Phi) is 3.34. The Morgan fingerprint density at radius 2 is 1.64 bits per heavy atom. The number of rotatable bonds is 2. The first-order valence-corrected chi connectivity index (χ1v) is 5.03. The zero-order chi connectivity index (χ0) is 10.6. The highest BCUT2D eigenvalue weighted by molar-refractivity contribution is 5.51. The molecule has 0 saturated carbocycles. The molecule has 0 heterocycles. The summed E-state index contributed by atoms with van der Waals surface area (Å²) in [5, 5.41) is 0. The Labute approximate surface area is 87.1 Å². The van der Waals surface area contributed by atoms with E-state index in [4.69, 9.17) is 0 Å². The van der Waals surface area contributed by atoms with Crippen LogP contribution in [0.5, 0.6) is 0 Å². The van der Waals surface area contributed by atoms with Gasteiger partial charge >= 0.3 is 0 Å². The quantitative estimate of drug-likeness (QED) is 0.683. The van der Waals surface area contributed by atoms with Crippen LogP contribution in [0.2, 0.25) is 0 Å². The second-order valence-electron chi connectivity index (χ2n) is 4.36. The molecular formula is C13H19N. The van der Waals surface area contributed by atoms with E-state index in [1.807, 2.05) is 13.0 Å². The molecule has 0 spiro atoms. The van der Waals surface area contributed by atoms with Crippen LogP contribution in [0, 0.1) is 0 Å². The summed E-state index contributed by atoms with van der Waals surface area (Å²) in [7, 11) is 0. The summed E-state index contributed by atoms with van der Waals surface area (Å²) >= 11 is 0. The molecule has 0 N–H and O–H groups in total. The minimum atomic E-state index is 0.119. The Bertz CT molecular complexity index is 293. The van der Waals surface area contributed by atoms with Crippen molar-refractivity contribution in [1.82, 2.24) is 0 Å². The van der Waals surface area contributed by atoms with Crippen LogP contribution >= 0.6 is 0 Å². The topological polar surface area (TPSA) is 3.24 Å². The highest BCUT2D eigenvalue weighted by Gasteiger charge is 2.18. The van der Waals surface area contributed by atoms with Crippen LogP contribution in [-0.2, 0) is 0 Å². The van der Waals surface area contributed by atoms with Crippen molar-refractivity contribution in [2.24, 2.45) is 0 Å². The molecule has 0 fully saturated rings.